The second kappa shape index (κ2) is 7.06. The number of para-hydroxylation sites is 2. The van der Waals surface area contributed by atoms with Crippen molar-refractivity contribution in [2.24, 2.45) is 0 Å². The van der Waals surface area contributed by atoms with Gasteiger partial charge in [0, 0.05) is 38.1 Å². The fourth-order valence-corrected chi connectivity index (χ4v) is 4.81. The zero-order valence-corrected chi connectivity index (χ0v) is 17.4. The Morgan fingerprint density at radius 1 is 1.03 bits per heavy atom. The van der Waals surface area contributed by atoms with Gasteiger partial charge in [0.2, 0.25) is 5.76 Å². The highest BCUT2D eigenvalue weighted by molar-refractivity contribution is 6.16. The van der Waals surface area contributed by atoms with Gasteiger partial charge in [-0.1, -0.05) is 30.3 Å². The lowest BCUT2D eigenvalue weighted by atomic mass is 9.84. The molecule has 1 spiro atoms. The molecular weight excluding hydrogens is 396 g/mol. The number of ether oxygens (including phenoxy) is 1. The van der Waals surface area contributed by atoms with Crippen molar-refractivity contribution in [2.45, 2.75) is 18.9 Å². The molecule has 0 bridgehead atoms. The van der Waals surface area contributed by atoms with Crippen molar-refractivity contribution in [3.63, 3.8) is 0 Å². The number of hydrogen-bond donors (Lipinski definition) is 0. The Morgan fingerprint density at radius 2 is 1.77 bits per heavy atom. The van der Waals surface area contributed by atoms with Crippen molar-refractivity contribution in [3.8, 4) is 0 Å². The Balaban J connectivity index is 1.81. The predicted octanol–water partition coefficient (Wildman–Crippen LogP) is 2.90. The molecule has 2 aliphatic heterocycles. The Labute approximate surface area is 178 Å². The summed E-state index contributed by atoms with van der Waals surface area (Å²) in [5.74, 6) is -0.842. The monoisotopic (exact) mass is 418 g/mol. The third-order valence-corrected chi connectivity index (χ3v) is 6.15. The molecule has 7 heteroatoms. The van der Waals surface area contributed by atoms with E-state index in [1.54, 1.807) is 31.3 Å². The van der Waals surface area contributed by atoms with E-state index in [1.165, 1.54) is 9.80 Å². The molecule has 2 aliphatic rings. The van der Waals surface area contributed by atoms with Gasteiger partial charge in [0.1, 0.15) is 5.58 Å². The first-order chi connectivity index (χ1) is 15.0. The molecule has 0 aliphatic carbocycles. The molecule has 0 fully saturated rings. The van der Waals surface area contributed by atoms with Crippen molar-refractivity contribution >= 4 is 28.5 Å². The van der Waals surface area contributed by atoms with Gasteiger partial charge in [-0.25, -0.2) is 0 Å². The Kier molecular flexibility index (Phi) is 4.44. The lowest BCUT2D eigenvalue weighted by molar-refractivity contribution is -0.125. The summed E-state index contributed by atoms with van der Waals surface area (Å²) in [4.78, 5) is 44.0. The van der Waals surface area contributed by atoms with E-state index in [1.807, 2.05) is 31.2 Å². The molecule has 1 atom stereocenters. The normalized spacial score (nSPS) is 19.5. The van der Waals surface area contributed by atoms with Gasteiger partial charge in [-0.05, 0) is 31.5 Å². The summed E-state index contributed by atoms with van der Waals surface area (Å²) < 4.78 is 11.4. The summed E-state index contributed by atoms with van der Waals surface area (Å²) in [6.45, 7) is 3.17. The van der Waals surface area contributed by atoms with E-state index in [-0.39, 0.29) is 29.2 Å². The van der Waals surface area contributed by atoms with Gasteiger partial charge in [-0.3, -0.25) is 14.4 Å². The van der Waals surface area contributed by atoms with Crippen LogP contribution in [0.15, 0.2) is 57.7 Å². The minimum Gasteiger partial charge on any atom is -0.450 e. The molecular formula is C24H22N2O5. The molecule has 31 heavy (non-hydrogen) atoms. The Hall–Kier alpha value is -3.45. The van der Waals surface area contributed by atoms with Gasteiger partial charge in [0.15, 0.2) is 11.0 Å². The van der Waals surface area contributed by atoms with Gasteiger partial charge in [0.25, 0.3) is 11.8 Å². The van der Waals surface area contributed by atoms with Crippen molar-refractivity contribution in [1.82, 2.24) is 4.90 Å². The fraction of sp³-hybridized carbons (Fsp3) is 0.292. The van der Waals surface area contributed by atoms with Gasteiger partial charge in [-0.2, -0.15) is 0 Å². The smallest absolute Gasteiger partial charge is 0.291 e. The van der Waals surface area contributed by atoms with E-state index in [2.05, 4.69) is 0 Å². The summed E-state index contributed by atoms with van der Waals surface area (Å²) in [5, 5.41) is 0.351. The van der Waals surface area contributed by atoms with E-state index in [9.17, 15) is 14.4 Å². The number of nitrogens with zero attached hydrogens (tertiary/aromatic N) is 2. The topological polar surface area (TPSA) is 80.1 Å². The highest BCUT2D eigenvalue weighted by Gasteiger charge is 2.64. The number of anilines is 1. The van der Waals surface area contributed by atoms with Crippen molar-refractivity contribution in [3.05, 3.63) is 75.6 Å². The molecule has 2 aromatic carbocycles. The summed E-state index contributed by atoms with van der Waals surface area (Å²) in [6.07, 6.45) is 0.530. The second-order valence-electron chi connectivity index (χ2n) is 7.73. The van der Waals surface area contributed by atoms with E-state index in [0.717, 1.165) is 0 Å². The van der Waals surface area contributed by atoms with Crippen molar-refractivity contribution < 1.29 is 18.7 Å². The van der Waals surface area contributed by atoms with Crippen LogP contribution in [0, 0.1) is 0 Å². The number of hydrogen-bond acceptors (Lipinski definition) is 5. The number of rotatable bonds is 5. The van der Waals surface area contributed by atoms with Crippen LogP contribution in [0.5, 0.6) is 0 Å². The standard InChI is InChI=1S/C24H22N2O5/c1-3-30-14-8-13-26-22(28)21-19(20(27)15-9-4-7-12-18(15)31-21)24(26)16-10-5-6-11-17(16)25(2)23(24)29/h4-7,9-12H,3,8,13-14H2,1-2H3/t24-/m1/s1. The molecule has 158 valence electrons. The zero-order chi connectivity index (χ0) is 21.8. The molecule has 1 aromatic heterocycles. The summed E-state index contributed by atoms with van der Waals surface area (Å²) in [5.41, 5.74) is -0.151. The van der Waals surface area contributed by atoms with Crippen molar-refractivity contribution in [1.29, 1.82) is 0 Å². The molecule has 0 saturated carbocycles. The number of benzene rings is 2. The third kappa shape index (κ3) is 2.47. The highest BCUT2D eigenvalue weighted by atomic mass is 16.5. The Bertz CT molecular complexity index is 1280. The highest BCUT2D eigenvalue weighted by Crippen LogP contribution is 2.52. The van der Waals surface area contributed by atoms with Crippen LogP contribution in [0.3, 0.4) is 0 Å². The molecule has 5 rings (SSSR count). The summed E-state index contributed by atoms with van der Waals surface area (Å²) in [7, 11) is 1.67. The fourth-order valence-electron chi connectivity index (χ4n) is 4.81. The maximum absolute atomic E-state index is 13.8. The van der Waals surface area contributed by atoms with Gasteiger partial charge >= 0.3 is 0 Å². The first-order valence-corrected chi connectivity index (χ1v) is 10.4. The van der Waals surface area contributed by atoms with E-state index in [4.69, 9.17) is 9.15 Å². The van der Waals surface area contributed by atoms with Crippen LogP contribution in [-0.4, -0.2) is 43.5 Å². The molecule has 0 radical (unpaired) electrons. The average Bonchev–Trinajstić information content (AvgIpc) is 3.17. The molecule has 2 amide bonds. The molecule has 3 heterocycles. The SMILES string of the molecule is CCOCCCN1C(=O)c2oc3ccccc3c(=O)c2[C@]12C(=O)N(C)c1ccccc12. The van der Waals surface area contributed by atoms with Crippen LogP contribution < -0.4 is 10.3 Å². The lowest BCUT2D eigenvalue weighted by Gasteiger charge is -2.34. The Morgan fingerprint density at radius 3 is 2.58 bits per heavy atom. The largest absolute Gasteiger partial charge is 0.450 e. The minimum absolute atomic E-state index is 0.0569. The quantitative estimate of drug-likeness (QED) is 0.596. The second-order valence-corrected chi connectivity index (χ2v) is 7.73. The maximum atomic E-state index is 13.8. The molecule has 0 unspecified atom stereocenters. The molecule has 0 saturated heterocycles. The summed E-state index contributed by atoms with van der Waals surface area (Å²) in [6, 6.07) is 14.1. The van der Waals surface area contributed by atoms with Gasteiger partial charge in [-0.15, -0.1) is 0 Å². The molecule has 0 N–H and O–H groups in total. The lowest BCUT2D eigenvalue weighted by Crippen LogP contribution is -2.53. The average molecular weight is 418 g/mol. The van der Waals surface area contributed by atoms with E-state index >= 15 is 0 Å². The molecule has 3 aromatic rings. The van der Waals surface area contributed by atoms with Crippen molar-refractivity contribution in [2.75, 3.05) is 31.7 Å². The number of amides is 2. The molecule has 7 nitrogen and oxygen atoms in total. The number of carbonyl (C=O) groups excluding carboxylic acids is 2. The van der Waals surface area contributed by atoms with Crippen LogP contribution in [0.4, 0.5) is 5.69 Å². The third-order valence-electron chi connectivity index (χ3n) is 6.15. The van der Waals surface area contributed by atoms with Crippen LogP contribution in [0.25, 0.3) is 11.0 Å². The zero-order valence-electron chi connectivity index (χ0n) is 17.4. The van der Waals surface area contributed by atoms with Crippen LogP contribution in [-0.2, 0) is 15.1 Å². The minimum atomic E-state index is -1.53. The number of fused-ring (bicyclic) bond motifs is 5. The van der Waals surface area contributed by atoms with E-state index in [0.29, 0.717) is 41.9 Å². The van der Waals surface area contributed by atoms with Gasteiger partial charge in [0.05, 0.1) is 10.9 Å². The van der Waals surface area contributed by atoms with Crippen LogP contribution in [0.1, 0.15) is 35.0 Å². The maximum Gasteiger partial charge on any atom is 0.291 e. The predicted molar refractivity (Wildman–Crippen MR) is 115 cm³/mol. The number of carbonyl (C=O) groups is 2. The van der Waals surface area contributed by atoms with Crippen LogP contribution in [0.2, 0.25) is 0 Å². The number of likely N-dealkylation sites (N-methyl/N-ethyl adjacent to an activating group) is 1. The van der Waals surface area contributed by atoms with Crippen LogP contribution >= 0.6 is 0 Å². The van der Waals surface area contributed by atoms with Gasteiger partial charge < -0.3 is 19.0 Å². The van der Waals surface area contributed by atoms with E-state index < -0.39 is 11.4 Å². The first-order valence-electron chi connectivity index (χ1n) is 10.4. The first kappa shape index (κ1) is 19.5. The summed E-state index contributed by atoms with van der Waals surface area (Å²) >= 11 is 0.